The molecule has 0 bridgehead atoms. The molecule has 0 aromatic heterocycles. The molecule has 132 valence electrons. The minimum Gasteiger partial charge on any atom is -0.484 e. The minimum absolute atomic E-state index is 0.0207. The van der Waals surface area contributed by atoms with Crippen molar-refractivity contribution in [2.75, 3.05) is 19.7 Å². The van der Waals surface area contributed by atoms with E-state index in [-0.39, 0.29) is 30.4 Å². The summed E-state index contributed by atoms with van der Waals surface area (Å²) in [6.07, 6.45) is 1.56. The van der Waals surface area contributed by atoms with Crippen LogP contribution in [0.5, 0.6) is 5.75 Å². The highest BCUT2D eigenvalue weighted by Gasteiger charge is 2.25. The smallest absolute Gasteiger partial charge is 0.258 e. The molecule has 1 aromatic carbocycles. The Morgan fingerprint density at radius 1 is 1.33 bits per heavy atom. The maximum Gasteiger partial charge on any atom is 0.258 e. The van der Waals surface area contributed by atoms with Crippen LogP contribution in [0.3, 0.4) is 0 Å². The van der Waals surface area contributed by atoms with Crippen molar-refractivity contribution in [1.82, 2.24) is 10.2 Å². The summed E-state index contributed by atoms with van der Waals surface area (Å²) in [5.41, 5.74) is 0.914. The molecule has 0 aliphatic carbocycles. The molecule has 24 heavy (non-hydrogen) atoms. The number of carbonyl (C=O) groups is 2. The van der Waals surface area contributed by atoms with E-state index in [0.29, 0.717) is 23.9 Å². The molecule has 1 heterocycles. The molecule has 5 nitrogen and oxygen atoms in total. The van der Waals surface area contributed by atoms with Gasteiger partial charge >= 0.3 is 0 Å². The number of rotatable bonds is 5. The lowest BCUT2D eigenvalue weighted by molar-refractivity contribution is -0.135. The van der Waals surface area contributed by atoms with Gasteiger partial charge in [-0.2, -0.15) is 0 Å². The lowest BCUT2D eigenvalue weighted by atomic mass is 10.0. The summed E-state index contributed by atoms with van der Waals surface area (Å²) in [4.78, 5) is 25.8. The highest BCUT2D eigenvalue weighted by molar-refractivity contribution is 6.31. The Kier molecular flexibility index (Phi) is 6.49. The van der Waals surface area contributed by atoms with Crippen LogP contribution in [-0.2, 0) is 9.59 Å². The average molecular weight is 353 g/mol. The normalized spacial score (nSPS) is 15.5. The molecular formula is C18H25ClN2O3. The second-order valence-electron chi connectivity index (χ2n) is 6.52. The molecule has 1 aliphatic rings. The van der Waals surface area contributed by atoms with Crippen molar-refractivity contribution >= 4 is 23.4 Å². The number of benzene rings is 1. The van der Waals surface area contributed by atoms with Crippen LogP contribution in [0.25, 0.3) is 0 Å². The summed E-state index contributed by atoms with van der Waals surface area (Å²) in [7, 11) is 0. The van der Waals surface area contributed by atoms with E-state index >= 15 is 0 Å². The molecule has 1 saturated heterocycles. The monoisotopic (exact) mass is 352 g/mol. The molecule has 0 unspecified atom stereocenters. The van der Waals surface area contributed by atoms with Gasteiger partial charge in [-0.15, -0.1) is 0 Å². The first-order valence-corrected chi connectivity index (χ1v) is 8.71. The van der Waals surface area contributed by atoms with Gasteiger partial charge in [-0.05, 0) is 43.5 Å². The lowest BCUT2D eigenvalue weighted by Gasteiger charge is -2.33. The van der Waals surface area contributed by atoms with E-state index in [1.54, 1.807) is 12.1 Å². The van der Waals surface area contributed by atoms with Crippen LogP contribution in [0.4, 0.5) is 0 Å². The Balaban J connectivity index is 1.73. The Hall–Kier alpha value is -1.75. The van der Waals surface area contributed by atoms with E-state index in [9.17, 15) is 9.59 Å². The minimum atomic E-state index is -0.142. The zero-order chi connectivity index (χ0) is 17.7. The molecule has 0 spiro atoms. The van der Waals surface area contributed by atoms with Crippen LogP contribution >= 0.6 is 11.6 Å². The lowest BCUT2D eigenvalue weighted by Crippen LogP contribution is -2.48. The standard InChI is InChI=1S/C18H25ClN2O3/c1-12(2)18(23)21-8-6-14(7-9-21)20-17(22)11-24-15-4-5-16(19)13(3)10-15/h4-5,10,12,14H,6-9,11H2,1-3H3,(H,20,22). The fraction of sp³-hybridized carbons (Fsp3) is 0.556. The quantitative estimate of drug-likeness (QED) is 0.886. The van der Waals surface area contributed by atoms with Crippen molar-refractivity contribution < 1.29 is 14.3 Å². The third-order valence-electron chi connectivity index (χ3n) is 4.16. The van der Waals surface area contributed by atoms with Gasteiger partial charge in [-0.25, -0.2) is 0 Å². The van der Waals surface area contributed by atoms with Crippen LogP contribution in [0.2, 0.25) is 5.02 Å². The predicted molar refractivity (Wildman–Crippen MR) is 94.3 cm³/mol. The fourth-order valence-corrected chi connectivity index (χ4v) is 2.85. The van der Waals surface area contributed by atoms with Gasteiger partial charge in [-0.3, -0.25) is 9.59 Å². The SMILES string of the molecule is Cc1cc(OCC(=O)NC2CCN(C(=O)C(C)C)CC2)ccc1Cl. The van der Waals surface area contributed by atoms with E-state index < -0.39 is 0 Å². The van der Waals surface area contributed by atoms with Crippen molar-refractivity contribution in [2.45, 2.75) is 39.7 Å². The van der Waals surface area contributed by atoms with Crippen molar-refractivity contribution in [3.8, 4) is 5.75 Å². The van der Waals surface area contributed by atoms with Crippen LogP contribution in [0.15, 0.2) is 18.2 Å². The first-order valence-electron chi connectivity index (χ1n) is 8.34. The van der Waals surface area contributed by atoms with E-state index in [0.717, 1.165) is 18.4 Å². The van der Waals surface area contributed by atoms with Crippen molar-refractivity contribution in [3.05, 3.63) is 28.8 Å². The Morgan fingerprint density at radius 3 is 2.58 bits per heavy atom. The molecule has 1 aromatic rings. The first kappa shape index (κ1) is 18.6. The van der Waals surface area contributed by atoms with E-state index in [1.807, 2.05) is 31.7 Å². The predicted octanol–water partition coefficient (Wildman–Crippen LogP) is 2.79. The van der Waals surface area contributed by atoms with Gasteiger partial charge in [0.2, 0.25) is 5.91 Å². The summed E-state index contributed by atoms with van der Waals surface area (Å²) in [6, 6.07) is 5.42. The Bertz CT molecular complexity index is 596. The number of carbonyl (C=O) groups excluding carboxylic acids is 2. The highest BCUT2D eigenvalue weighted by Crippen LogP contribution is 2.21. The maximum absolute atomic E-state index is 12.0. The van der Waals surface area contributed by atoms with Crippen LogP contribution in [0, 0.1) is 12.8 Å². The van der Waals surface area contributed by atoms with Gasteiger partial charge in [0.05, 0.1) is 0 Å². The van der Waals surface area contributed by atoms with E-state index in [2.05, 4.69) is 5.32 Å². The topological polar surface area (TPSA) is 58.6 Å². The van der Waals surface area contributed by atoms with Gasteiger partial charge in [-0.1, -0.05) is 25.4 Å². The summed E-state index contributed by atoms with van der Waals surface area (Å²) in [6.45, 7) is 7.07. The van der Waals surface area contributed by atoms with Gasteiger partial charge < -0.3 is 15.0 Å². The molecule has 0 saturated carbocycles. The number of piperidine rings is 1. The highest BCUT2D eigenvalue weighted by atomic mass is 35.5. The number of nitrogens with zero attached hydrogens (tertiary/aromatic N) is 1. The molecule has 1 fully saturated rings. The summed E-state index contributed by atoms with van der Waals surface area (Å²) < 4.78 is 5.50. The van der Waals surface area contributed by atoms with Crippen molar-refractivity contribution in [3.63, 3.8) is 0 Å². The molecule has 6 heteroatoms. The number of halogens is 1. The number of hydrogen-bond acceptors (Lipinski definition) is 3. The molecule has 1 N–H and O–H groups in total. The van der Waals surface area contributed by atoms with Crippen molar-refractivity contribution in [2.24, 2.45) is 5.92 Å². The van der Waals surface area contributed by atoms with Crippen molar-refractivity contribution in [1.29, 1.82) is 0 Å². The van der Waals surface area contributed by atoms with Gasteiger partial charge in [0.25, 0.3) is 5.91 Å². The van der Waals surface area contributed by atoms with Crippen LogP contribution < -0.4 is 10.1 Å². The summed E-state index contributed by atoms with van der Waals surface area (Å²) >= 11 is 5.96. The molecule has 1 aliphatic heterocycles. The van der Waals surface area contributed by atoms with Gasteiger partial charge in [0, 0.05) is 30.1 Å². The van der Waals surface area contributed by atoms with E-state index in [1.165, 1.54) is 0 Å². The Morgan fingerprint density at radius 2 is 2.00 bits per heavy atom. The third-order valence-corrected chi connectivity index (χ3v) is 4.59. The molecule has 2 amide bonds. The number of likely N-dealkylation sites (tertiary alicyclic amines) is 1. The zero-order valence-electron chi connectivity index (χ0n) is 14.5. The molecule has 0 radical (unpaired) electrons. The fourth-order valence-electron chi connectivity index (χ4n) is 2.73. The summed E-state index contributed by atoms with van der Waals surface area (Å²) in [5, 5.41) is 3.65. The van der Waals surface area contributed by atoms with Crippen LogP contribution in [0.1, 0.15) is 32.3 Å². The maximum atomic E-state index is 12.0. The second kappa shape index (κ2) is 8.38. The average Bonchev–Trinajstić information content (AvgIpc) is 2.56. The molecule has 2 rings (SSSR count). The van der Waals surface area contributed by atoms with Crippen LogP contribution in [-0.4, -0.2) is 42.5 Å². The molecular weight excluding hydrogens is 328 g/mol. The van der Waals surface area contributed by atoms with Gasteiger partial charge in [0.1, 0.15) is 5.75 Å². The number of aryl methyl sites for hydroxylation is 1. The summed E-state index contributed by atoms with van der Waals surface area (Å²) in [5.74, 6) is 0.689. The number of amides is 2. The zero-order valence-corrected chi connectivity index (χ0v) is 15.2. The van der Waals surface area contributed by atoms with Gasteiger partial charge in [0.15, 0.2) is 6.61 Å². The largest absolute Gasteiger partial charge is 0.484 e. The third kappa shape index (κ3) is 5.13. The number of ether oxygens (including phenoxy) is 1. The Labute approximate surface area is 148 Å². The number of nitrogens with one attached hydrogen (secondary N) is 1. The second-order valence-corrected chi connectivity index (χ2v) is 6.93. The molecule has 0 atom stereocenters. The first-order chi connectivity index (χ1) is 11.4. The van der Waals surface area contributed by atoms with E-state index in [4.69, 9.17) is 16.3 Å². The number of hydrogen-bond donors (Lipinski definition) is 1.